The molecule has 370 valence electrons. The maximum Gasteiger partial charge on any atom is 0.137 e. The molecule has 0 atom stereocenters. The molecule has 1 aliphatic heterocycles. The van der Waals surface area contributed by atoms with Gasteiger partial charge in [0.1, 0.15) is 17.3 Å². The molecule has 3 heterocycles. The summed E-state index contributed by atoms with van der Waals surface area (Å²) in [5.41, 5.74) is 14.8. The van der Waals surface area contributed by atoms with Gasteiger partial charge in [0.05, 0.1) is 17.7 Å². The van der Waals surface area contributed by atoms with Crippen LogP contribution in [0.3, 0.4) is 0 Å². The monoisotopic (exact) mass is 961 g/mol. The Hall–Kier alpha value is -7.37. The van der Waals surface area contributed by atoms with E-state index in [2.05, 4.69) is 287 Å². The van der Waals surface area contributed by atoms with E-state index in [-0.39, 0.29) is 27.1 Å². The summed E-state index contributed by atoms with van der Waals surface area (Å²) >= 11 is 0. The lowest BCUT2D eigenvalue weighted by atomic mass is 9.73. The molecule has 5 heteroatoms. The van der Waals surface area contributed by atoms with E-state index in [9.17, 15) is 0 Å². The molecule has 0 fully saturated rings. The maximum absolute atomic E-state index is 7.09. The van der Waals surface area contributed by atoms with Crippen molar-refractivity contribution in [2.45, 2.75) is 112 Å². The smallest absolute Gasteiger partial charge is 0.137 e. The van der Waals surface area contributed by atoms with Crippen LogP contribution in [0.5, 0.6) is 11.5 Å². The summed E-state index contributed by atoms with van der Waals surface area (Å²) in [6.45, 7) is 30.6. The number of anilines is 2. The van der Waals surface area contributed by atoms with E-state index >= 15 is 0 Å². The van der Waals surface area contributed by atoms with E-state index in [1.54, 1.807) is 0 Å². The van der Waals surface area contributed by atoms with Crippen LogP contribution in [0.4, 0.5) is 11.4 Å². The molecule has 10 rings (SSSR count). The molecule has 0 spiro atoms. The normalized spacial score (nSPS) is 13.8. The molecule has 7 aromatic carbocycles. The lowest BCUT2D eigenvalue weighted by molar-refractivity contribution is 0.483. The second-order valence-corrected chi connectivity index (χ2v) is 24.4. The third-order valence-corrected chi connectivity index (χ3v) is 15.3. The predicted octanol–water partition coefficient (Wildman–Crippen LogP) is 18.1. The number of allylic oxidation sites excluding steroid dienone is 1. The number of pyridine rings is 1. The highest BCUT2D eigenvalue weighted by Gasteiger charge is 2.35. The highest BCUT2D eigenvalue weighted by Crippen LogP contribution is 2.46. The van der Waals surface area contributed by atoms with Gasteiger partial charge in [-0.1, -0.05) is 193 Å². The first-order chi connectivity index (χ1) is 34.6. The Morgan fingerprint density at radius 3 is 1.59 bits per heavy atom. The molecule has 0 saturated heterocycles. The van der Waals surface area contributed by atoms with Crippen LogP contribution in [-0.4, -0.2) is 16.2 Å². The molecule has 0 radical (unpaired) electrons. The number of nitrogens with zero attached hydrogens (tertiary/aromatic N) is 4. The van der Waals surface area contributed by atoms with Gasteiger partial charge in [0.15, 0.2) is 0 Å². The average molecular weight is 961 g/mol. The van der Waals surface area contributed by atoms with Crippen molar-refractivity contribution in [3.05, 3.63) is 227 Å². The number of hydrogen-bond acceptors (Lipinski definition) is 4. The van der Waals surface area contributed by atoms with Crippen molar-refractivity contribution in [3.8, 4) is 28.4 Å². The molecule has 0 aliphatic carbocycles. The Bertz CT molecular complexity index is 3440. The summed E-state index contributed by atoms with van der Waals surface area (Å²) < 4.78 is 9.40. The minimum Gasteiger partial charge on any atom is -0.457 e. The molecule has 0 saturated carbocycles. The van der Waals surface area contributed by atoms with Crippen LogP contribution in [0.2, 0.25) is 0 Å². The van der Waals surface area contributed by atoms with Crippen molar-refractivity contribution in [2.24, 2.45) is 5.41 Å². The number of aromatic nitrogens is 2. The second kappa shape index (κ2) is 18.3. The molecule has 0 unspecified atom stereocenters. The minimum absolute atomic E-state index is 0.00169. The first kappa shape index (κ1) is 49.2. The van der Waals surface area contributed by atoms with Crippen molar-refractivity contribution in [1.82, 2.24) is 9.55 Å². The number of ether oxygens (including phenoxy) is 1. The van der Waals surface area contributed by atoms with Crippen molar-refractivity contribution in [3.63, 3.8) is 0 Å². The van der Waals surface area contributed by atoms with E-state index in [0.29, 0.717) is 6.67 Å². The molecule has 1 aliphatic rings. The molecular formula is C68H72N4O. The Labute approximate surface area is 434 Å². The lowest BCUT2D eigenvalue weighted by Gasteiger charge is -2.35. The van der Waals surface area contributed by atoms with Crippen molar-refractivity contribution in [1.29, 1.82) is 0 Å². The van der Waals surface area contributed by atoms with Gasteiger partial charge in [-0.15, -0.1) is 0 Å². The quantitative estimate of drug-likeness (QED) is 0.137. The highest BCUT2D eigenvalue weighted by atomic mass is 16.5. The third kappa shape index (κ3) is 9.59. The van der Waals surface area contributed by atoms with Crippen LogP contribution in [0.1, 0.15) is 123 Å². The first-order valence-corrected chi connectivity index (χ1v) is 26.0. The third-order valence-electron chi connectivity index (χ3n) is 15.3. The summed E-state index contributed by atoms with van der Waals surface area (Å²) in [6.07, 6.45) is 4.31. The van der Waals surface area contributed by atoms with Gasteiger partial charge in [-0.05, 0) is 116 Å². The standard InChI is InChI=1S/C68H72N4O/c1-64(2,3)50-29-32-60-59(40-50)58-31-30-56(43-61(58)72(60)63-41-51(33-34-69-63)65(4,5)6)73-57-36-47(46-23-17-14-18-24-46)35-54(42-57)70-44-62(66(7,8)9)71(45-70)55-38-52(67(10,11)48-25-19-15-20-26-48)37-53(39-55)68(12,13)49-27-21-16-22-28-49/h14-44H,45H2,1-13H3. The fourth-order valence-corrected chi connectivity index (χ4v) is 10.5. The van der Waals surface area contributed by atoms with E-state index in [0.717, 1.165) is 45.2 Å². The number of hydrogen-bond donors (Lipinski definition) is 0. The molecule has 5 nitrogen and oxygen atoms in total. The van der Waals surface area contributed by atoms with E-state index in [1.807, 2.05) is 6.20 Å². The Morgan fingerprint density at radius 1 is 0.411 bits per heavy atom. The van der Waals surface area contributed by atoms with Crippen molar-refractivity contribution < 1.29 is 4.74 Å². The Morgan fingerprint density at radius 2 is 1.00 bits per heavy atom. The molecule has 9 aromatic rings. The van der Waals surface area contributed by atoms with E-state index in [4.69, 9.17) is 9.72 Å². The highest BCUT2D eigenvalue weighted by molar-refractivity contribution is 6.10. The molecule has 73 heavy (non-hydrogen) atoms. The predicted molar refractivity (Wildman–Crippen MR) is 309 cm³/mol. The zero-order chi connectivity index (χ0) is 51.7. The van der Waals surface area contributed by atoms with Crippen molar-refractivity contribution >= 4 is 33.2 Å². The largest absolute Gasteiger partial charge is 0.457 e. The topological polar surface area (TPSA) is 33.5 Å². The van der Waals surface area contributed by atoms with E-state index < -0.39 is 0 Å². The zero-order valence-corrected chi connectivity index (χ0v) is 45.3. The Kier molecular flexibility index (Phi) is 12.3. The first-order valence-electron chi connectivity index (χ1n) is 26.0. The summed E-state index contributed by atoms with van der Waals surface area (Å²) in [5.74, 6) is 2.42. The molecule has 0 N–H and O–H groups in total. The van der Waals surface area contributed by atoms with Gasteiger partial charge >= 0.3 is 0 Å². The number of rotatable bonds is 10. The van der Waals surface area contributed by atoms with Gasteiger partial charge in [0.25, 0.3) is 0 Å². The Balaban J connectivity index is 1.09. The van der Waals surface area contributed by atoms with Crippen LogP contribution in [0, 0.1) is 5.41 Å². The number of fused-ring (bicyclic) bond motifs is 3. The molecular weight excluding hydrogens is 889 g/mol. The summed E-state index contributed by atoms with van der Waals surface area (Å²) in [6, 6.07) is 64.3. The van der Waals surface area contributed by atoms with Crippen LogP contribution < -0.4 is 14.5 Å². The van der Waals surface area contributed by atoms with Crippen LogP contribution in [-0.2, 0) is 21.7 Å². The average Bonchev–Trinajstić information content (AvgIpc) is 3.97. The minimum atomic E-state index is -0.250. The van der Waals surface area contributed by atoms with Crippen molar-refractivity contribution in [2.75, 3.05) is 16.5 Å². The fourth-order valence-electron chi connectivity index (χ4n) is 10.5. The molecule has 0 amide bonds. The van der Waals surface area contributed by atoms with E-state index in [1.165, 1.54) is 55.5 Å². The van der Waals surface area contributed by atoms with Gasteiger partial charge < -0.3 is 14.5 Å². The summed E-state index contributed by atoms with van der Waals surface area (Å²) in [7, 11) is 0. The SMILES string of the molecule is CC(C)(C)C1=CN(c2cc(Oc3ccc4c5cc(C(C)(C)C)ccc5n(-c5cc(C(C)(C)C)ccn5)c4c3)cc(-c3ccccc3)c2)CN1c1cc(C(C)(C)c2ccccc2)cc(C(C)(C)c2ccccc2)c1. The zero-order valence-electron chi connectivity index (χ0n) is 45.3. The number of benzene rings is 7. The van der Waals surface area contributed by atoms with Gasteiger partial charge in [-0.3, -0.25) is 4.57 Å². The molecule has 2 aromatic heterocycles. The van der Waals surface area contributed by atoms with Gasteiger partial charge in [-0.2, -0.15) is 0 Å². The van der Waals surface area contributed by atoms with Gasteiger partial charge in [-0.25, -0.2) is 4.98 Å². The summed E-state index contributed by atoms with van der Waals surface area (Å²) in [5, 5.41) is 2.37. The maximum atomic E-state index is 7.09. The fraction of sp³-hybridized carbons (Fsp3) is 0.279. The van der Waals surface area contributed by atoms with Crippen LogP contribution >= 0.6 is 0 Å². The second-order valence-electron chi connectivity index (χ2n) is 24.4. The lowest BCUT2D eigenvalue weighted by Crippen LogP contribution is -2.32. The molecule has 0 bridgehead atoms. The van der Waals surface area contributed by atoms with Crippen LogP contribution in [0.15, 0.2) is 194 Å². The summed E-state index contributed by atoms with van der Waals surface area (Å²) in [4.78, 5) is 9.94. The van der Waals surface area contributed by atoms with Gasteiger partial charge in [0, 0.05) is 68.6 Å². The van der Waals surface area contributed by atoms with Gasteiger partial charge in [0.2, 0.25) is 0 Å². The van der Waals surface area contributed by atoms with Crippen LogP contribution in [0.25, 0.3) is 38.8 Å².